The standard InChI is InChI=1S/C12H24O2S/c1-10(2)4-5-11(3)8-12-6-7-15(13,14)9-12/h10-12H,4-9H2,1-3H3. The molecule has 0 aromatic carbocycles. The summed E-state index contributed by atoms with van der Waals surface area (Å²) >= 11 is 0. The predicted octanol–water partition coefficient (Wildman–Crippen LogP) is 2.88. The van der Waals surface area contributed by atoms with Crippen LogP contribution in [-0.4, -0.2) is 19.9 Å². The van der Waals surface area contributed by atoms with Crippen molar-refractivity contribution >= 4 is 9.84 Å². The molecule has 0 spiro atoms. The van der Waals surface area contributed by atoms with E-state index in [1.807, 2.05) is 0 Å². The van der Waals surface area contributed by atoms with E-state index in [9.17, 15) is 8.42 Å². The van der Waals surface area contributed by atoms with Gasteiger partial charge in [-0.05, 0) is 30.6 Å². The molecule has 1 fully saturated rings. The zero-order chi connectivity index (χ0) is 11.5. The van der Waals surface area contributed by atoms with Gasteiger partial charge in [0.2, 0.25) is 0 Å². The van der Waals surface area contributed by atoms with Gasteiger partial charge in [-0.2, -0.15) is 0 Å². The Morgan fingerprint density at radius 2 is 1.87 bits per heavy atom. The van der Waals surface area contributed by atoms with Crippen LogP contribution in [0.15, 0.2) is 0 Å². The minimum absolute atomic E-state index is 0.425. The molecule has 0 aromatic rings. The number of sulfone groups is 1. The van der Waals surface area contributed by atoms with Gasteiger partial charge >= 0.3 is 0 Å². The molecule has 2 unspecified atom stereocenters. The zero-order valence-electron chi connectivity index (χ0n) is 10.2. The second kappa shape index (κ2) is 5.33. The largest absolute Gasteiger partial charge is 0.229 e. The van der Waals surface area contributed by atoms with E-state index in [1.165, 1.54) is 12.8 Å². The Balaban J connectivity index is 2.24. The number of hydrogen-bond donors (Lipinski definition) is 0. The lowest BCUT2D eigenvalue weighted by atomic mass is 9.90. The van der Waals surface area contributed by atoms with Gasteiger partial charge in [-0.3, -0.25) is 0 Å². The van der Waals surface area contributed by atoms with E-state index in [-0.39, 0.29) is 0 Å². The van der Waals surface area contributed by atoms with Crippen molar-refractivity contribution in [2.45, 2.75) is 46.5 Å². The van der Waals surface area contributed by atoms with Gasteiger partial charge in [0.15, 0.2) is 9.84 Å². The first-order valence-electron chi connectivity index (χ1n) is 6.09. The molecule has 1 saturated heterocycles. The van der Waals surface area contributed by atoms with Crippen LogP contribution in [0, 0.1) is 17.8 Å². The molecule has 0 saturated carbocycles. The summed E-state index contributed by atoms with van der Waals surface area (Å²) in [7, 11) is -2.67. The van der Waals surface area contributed by atoms with E-state index in [1.54, 1.807) is 0 Å². The minimum Gasteiger partial charge on any atom is -0.229 e. The molecule has 0 amide bonds. The fraction of sp³-hybridized carbons (Fsp3) is 1.00. The van der Waals surface area contributed by atoms with Gasteiger partial charge in [0.1, 0.15) is 0 Å². The van der Waals surface area contributed by atoms with Crippen LogP contribution in [-0.2, 0) is 9.84 Å². The maximum absolute atomic E-state index is 11.3. The topological polar surface area (TPSA) is 34.1 Å². The molecule has 1 rings (SSSR count). The molecule has 0 aliphatic carbocycles. The van der Waals surface area contributed by atoms with Crippen molar-refractivity contribution in [3.05, 3.63) is 0 Å². The third kappa shape index (κ3) is 5.01. The van der Waals surface area contributed by atoms with Gasteiger partial charge in [0, 0.05) is 0 Å². The molecule has 0 aromatic heterocycles. The summed E-state index contributed by atoms with van der Waals surface area (Å²) in [5.41, 5.74) is 0. The average molecular weight is 232 g/mol. The Bertz CT molecular complexity index is 280. The van der Waals surface area contributed by atoms with E-state index in [0.29, 0.717) is 23.3 Å². The van der Waals surface area contributed by atoms with Crippen LogP contribution >= 0.6 is 0 Å². The summed E-state index contributed by atoms with van der Waals surface area (Å²) in [6.07, 6.45) is 4.51. The van der Waals surface area contributed by atoms with Gasteiger partial charge in [-0.1, -0.05) is 33.6 Å². The normalized spacial score (nSPS) is 27.1. The molecule has 1 aliphatic rings. The van der Waals surface area contributed by atoms with Crippen molar-refractivity contribution in [3.63, 3.8) is 0 Å². The lowest BCUT2D eigenvalue weighted by Gasteiger charge is -2.16. The molecule has 0 N–H and O–H groups in total. The first-order valence-corrected chi connectivity index (χ1v) is 7.91. The van der Waals surface area contributed by atoms with Gasteiger partial charge in [-0.25, -0.2) is 8.42 Å². The van der Waals surface area contributed by atoms with Crippen LogP contribution in [0.1, 0.15) is 46.5 Å². The van der Waals surface area contributed by atoms with Crippen molar-refractivity contribution < 1.29 is 8.42 Å². The van der Waals surface area contributed by atoms with E-state index in [0.717, 1.165) is 18.8 Å². The van der Waals surface area contributed by atoms with Gasteiger partial charge in [-0.15, -0.1) is 0 Å². The Morgan fingerprint density at radius 3 is 2.33 bits per heavy atom. The highest BCUT2D eigenvalue weighted by Crippen LogP contribution is 2.27. The van der Waals surface area contributed by atoms with Crippen molar-refractivity contribution in [1.82, 2.24) is 0 Å². The smallest absolute Gasteiger partial charge is 0.150 e. The second-order valence-electron chi connectivity index (χ2n) is 5.58. The van der Waals surface area contributed by atoms with Crippen LogP contribution in [0.4, 0.5) is 0 Å². The monoisotopic (exact) mass is 232 g/mol. The highest BCUT2D eigenvalue weighted by Gasteiger charge is 2.28. The lowest BCUT2D eigenvalue weighted by molar-refractivity contribution is 0.370. The Kier molecular flexibility index (Phi) is 4.63. The van der Waals surface area contributed by atoms with Gasteiger partial charge < -0.3 is 0 Å². The molecule has 0 radical (unpaired) electrons. The number of rotatable bonds is 5. The Labute approximate surface area is 94.4 Å². The van der Waals surface area contributed by atoms with Crippen molar-refractivity contribution in [1.29, 1.82) is 0 Å². The molecule has 90 valence electrons. The van der Waals surface area contributed by atoms with Gasteiger partial charge in [0.05, 0.1) is 11.5 Å². The summed E-state index contributed by atoms with van der Waals surface area (Å²) in [5, 5.41) is 0. The molecule has 0 bridgehead atoms. The Morgan fingerprint density at radius 1 is 1.20 bits per heavy atom. The Hall–Kier alpha value is -0.0500. The summed E-state index contributed by atoms with van der Waals surface area (Å²) < 4.78 is 22.6. The fourth-order valence-electron chi connectivity index (χ4n) is 2.36. The summed E-state index contributed by atoms with van der Waals surface area (Å²) in [4.78, 5) is 0. The van der Waals surface area contributed by atoms with Crippen LogP contribution in [0.2, 0.25) is 0 Å². The first kappa shape index (κ1) is 13.0. The summed E-state index contributed by atoms with van der Waals surface area (Å²) in [6, 6.07) is 0. The van der Waals surface area contributed by atoms with Crippen LogP contribution in [0.3, 0.4) is 0 Å². The average Bonchev–Trinajstić information content (AvgIpc) is 2.42. The van der Waals surface area contributed by atoms with E-state index in [4.69, 9.17) is 0 Å². The molecule has 2 nitrogen and oxygen atoms in total. The minimum atomic E-state index is -2.67. The molecular formula is C12H24O2S. The van der Waals surface area contributed by atoms with Crippen molar-refractivity contribution in [3.8, 4) is 0 Å². The highest BCUT2D eigenvalue weighted by atomic mass is 32.2. The third-order valence-corrected chi connectivity index (χ3v) is 5.14. The molecule has 2 atom stereocenters. The fourth-order valence-corrected chi connectivity index (χ4v) is 4.24. The highest BCUT2D eigenvalue weighted by molar-refractivity contribution is 7.91. The van der Waals surface area contributed by atoms with Crippen molar-refractivity contribution in [2.75, 3.05) is 11.5 Å². The molecule has 3 heteroatoms. The zero-order valence-corrected chi connectivity index (χ0v) is 11.0. The van der Waals surface area contributed by atoms with Crippen LogP contribution < -0.4 is 0 Å². The maximum atomic E-state index is 11.3. The van der Waals surface area contributed by atoms with Crippen molar-refractivity contribution in [2.24, 2.45) is 17.8 Å². The molecule has 1 aliphatic heterocycles. The van der Waals surface area contributed by atoms with E-state index >= 15 is 0 Å². The maximum Gasteiger partial charge on any atom is 0.150 e. The van der Waals surface area contributed by atoms with E-state index in [2.05, 4.69) is 20.8 Å². The molecule has 15 heavy (non-hydrogen) atoms. The second-order valence-corrected chi connectivity index (χ2v) is 7.81. The first-order chi connectivity index (χ1) is 6.89. The summed E-state index contributed by atoms with van der Waals surface area (Å²) in [6.45, 7) is 6.74. The van der Waals surface area contributed by atoms with Crippen LogP contribution in [0.25, 0.3) is 0 Å². The third-order valence-electron chi connectivity index (χ3n) is 3.30. The predicted molar refractivity (Wildman–Crippen MR) is 64.6 cm³/mol. The molecule has 1 heterocycles. The van der Waals surface area contributed by atoms with Gasteiger partial charge in [0.25, 0.3) is 0 Å². The SMILES string of the molecule is CC(C)CCC(C)CC1CCS(=O)(=O)C1. The van der Waals surface area contributed by atoms with Crippen LogP contribution in [0.5, 0.6) is 0 Å². The van der Waals surface area contributed by atoms with E-state index < -0.39 is 9.84 Å². The molecular weight excluding hydrogens is 208 g/mol. The quantitative estimate of drug-likeness (QED) is 0.730. The number of hydrogen-bond acceptors (Lipinski definition) is 2. The summed E-state index contributed by atoms with van der Waals surface area (Å²) in [5.74, 6) is 2.76. The lowest BCUT2D eigenvalue weighted by Crippen LogP contribution is -2.09.